The molecule has 0 spiro atoms. The number of nitrogens with zero attached hydrogens (tertiary/aromatic N) is 1. The molecule has 0 heterocycles. The van der Waals surface area contributed by atoms with Crippen molar-refractivity contribution in [1.82, 2.24) is 4.90 Å². The van der Waals surface area contributed by atoms with Crippen molar-refractivity contribution in [2.24, 2.45) is 0 Å². The van der Waals surface area contributed by atoms with Gasteiger partial charge in [0.2, 0.25) is 5.91 Å². The molecule has 1 amide bonds. The summed E-state index contributed by atoms with van der Waals surface area (Å²) in [6.07, 6.45) is 0. The molecule has 0 saturated carbocycles. The predicted molar refractivity (Wildman–Crippen MR) is 104 cm³/mol. The van der Waals surface area contributed by atoms with Gasteiger partial charge in [-0.25, -0.2) is 0 Å². The molecule has 2 rings (SSSR count). The number of halogens is 1. The number of anilines is 1. The van der Waals surface area contributed by atoms with Crippen LogP contribution in [0.4, 0.5) is 5.69 Å². The van der Waals surface area contributed by atoms with Crippen LogP contribution in [-0.4, -0.2) is 37.6 Å². The number of amides is 1. The molecule has 0 atom stereocenters. The molecule has 4 nitrogen and oxygen atoms in total. The fraction of sp³-hybridized carbons (Fsp3) is 0.350. The second kappa shape index (κ2) is 8.88. The summed E-state index contributed by atoms with van der Waals surface area (Å²) in [5, 5.41) is 3.39. The predicted octanol–water partition coefficient (Wildman–Crippen LogP) is 4.21. The normalized spacial score (nSPS) is 10.8. The van der Waals surface area contributed by atoms with E-state index in [-0.39, 0.29) is 12.5 Å². The number of benzene rings is 2. The van der Waals surface area contributed by atoms with E-state index in [1.54, 1.807) is 0 Å². The van der Waals surface area contributed by atoms with Gasteiger partial charge in [0.1, 0.15) is 12.4 Å². The first-order chi connectivity index (χ1) is 11.8. The maximum atomic E-state index is 12.1. The summed E-state index contributed by atoms with van der Waals surface area (Å²) in [6, 6.07) is 11.7. The lowest BCUT2D eigenvalue weighted by Crippen LogP contribution is -2.33. The van der Waals surface area contributed by atoms with Gasteiger partial charge in [-0.05, 0) is 68.8 Å². The number of hydrogen-bond acceptors (Lipinski definition) is 3. The maximum Gasteiger partial charge on any atom is 0.238 e. The van der Waals surface area contributed by atoms with E-state index < -0.39 is 0 Å². The minimum absolute atomic E-state index is 0.0975. The van der Waals surface area contributed by atoms with Gasteiger partial charge in [-0.15, -0.1) is 0 Å². The molecule has 5 heteroatoms. The summed E-state index contributed by atoms with van der Waals surface area (Å²) in [4.78, 5) is 14.0. The van der Waals surface area contributed by atoms with E-state index in [1.807, 2.05) is 63.1 Å². The molecule has 0 saturated heterocycles. The van der Waals surface area contributed by atoms with Crippen LogP contribution in [0.25, 0.3) is 0 Å². The van der Waals surface area contributed by atoms with E-state index in [0.717, 1.165) is 11.3 Å². The Kier molecular flexibility index (Phi) is 6.85. The van der Waals surface area contributed by atoms with Gasteiger partial charge in [-0.3, -0.25) is 9.69 Å². The van der Waals surface area contributed by atoms with Crippen LogP contribution < -0.4 is 10.1 Å². The first kappa shape index (κ1) is 19.3. The molecule has 2 aromatic carbocycles. The molecule has 0 aliphatic carbocycles. The van der Waals surface area contributed by atoms with E-state index in [9.17, 15) is 4.79 Å². The molecule has 0 radical (unpaired) electrons. The number of rotatable bonds is 7. The monoisotopic (exact) mass is 360 g/mol. The van der Waals surface area contributed by atoms with Crippen molar-refractivity contribution in [3.8, 4) is 5.75 Å². The van der Waals surface area contributed by atoms with Gasteiger partial charge < -0.3 is 10.1 Å². The maximum absolute atomic E-state index is 12.1. The zero-order chi connectivity index (χ0) is 18.4. The van der Waals surface area contributed by atoms with Crippen LogP contribution in [-0.2, 0) is 4.79 Å². The summed E-state index contributed by atoms with van der Waals surface area (Å²) in [7, 11) is 1.89. The van der Waals surface area contributed by atoms with Crippen LogP contribution in [0, 0.1) is 20.8 Å². The third-order valence-electron chi connectivity index (χ3n) is 3.75. The van der Waals surface area contributed by atoms with Crippen molar-refractivity contribution >= 4 is 23.2 Å². The highest BCUT2D eigenvalue weighted by Gasteiger charge is 2.09. The van der Waals surface area contributed by atoms with Gasteiger partial charge in [0.05, 0.1) is 17.3 Å². The molecule has 0 unspecified atom stereocenters. The molecule has 134 valence electrons. The molecular formula is C20H25ClN2O2. The number of aryl methyl sites for hydroxylation is 3. The van der Waals surface area contributed by atoms with Crippen LogP contribution in [0.3, 0.4) is 0 Å². The van der Waals surface area contributed by atoms with E-state index >= 15 is 0 Å². The Balaban J connectivity index is 1.77. The van der Waals surface area contributed by atoms with Crippen LogP contribution in [0.2, 0.25) is 5.02 Å². The average molecular weight is 361 g/mol. The Labute approximate surface area is 154 Å². The Morgan fingerprint density at radius 1 is 1.08 bits per heavy atom. The lowest BCUT2D eigenvalue weighted by molar-refractivity contribution is -0.117. The van der Waals surface area contributed by atoms with Crippen molar-refractivity contribution in [3.05, 3.63) is 58.1 Å². The molecule has 1 N–H and O–H groups in total. The standard InChI is InChI=1S/C20H25ClN2O2/c1-14-5-6-19(18(21)12-14)22-20(24)13-23(4)7-8-25-17-10-15(2)9-16(3)11-17/h5-6,9-12H,7-8,13H2,1-4H3,(H,22,24). The number of hydrogen-bond donors (Lipinski definition) is 1. The Hall–Kier alpha value is -2.04. The first-order valence-electron chi connectivity index (χ1n) is 8.29. The number of likely N-dealkylation sites (N-methyl/N-ethyl adjacent to an activating group) is 1. The molecule has 0 bridgehead atoms. The second-order valence-corrected chi connectivity index (χ2v) is 6.85. The minimum atomic E-state index is -0.0975. The molecule has 0 fully saturated rings. The van der Waals surface area contributed by atoms with Crippen LogP contribution >= 0.6 is 11.6 Å². The fourth-order valence-electron chi connectivity index (χ4n) is 2.57. The second-order valence-electron chi connectivity index (χ2n) is 6.44. The lowest BCUT2D eigenvalue weighted by atomic mass is 10.1. The zero-order valence-electron chi connectivity index (χ0n) is 15.2. The smallest absolute Gasteiger partial charge is 0.238 e. The molecule has 0 aromatic heterocycles. The number of nitrogens with one attached hydrogen (secondary N) is 1. The van der Waals surface area contributed by atoms with Gasteiger partial charge >= 0.3 is 0 Å². The highest BCUT2D eigenvalue weighted by atomic mass is 35.5. The highest BCUT2D eigenvalue weighted by Crippen LogP contribution is 2.22. The van der Waals surface area contributed by atoms with Gasteiger partial charge in [0.25, 0.3) is 0 Å². The topological polar surface area (TPSA) is 41.6 Å². The molecule has 0 aliphatic heterocycles. The minimum Gasteiger partial charge on any atom is -0.492 e. The van der Waals surface area contributed by atoms with Crippen molar-refractivity contribution in [2.75, 3.05) is 32.1 Å². The Morgan fingerprint density at radius 3 is 2.40 bits per heavy atom. The molecular weight excluding hydrogens is 336 g/mol. The van der Waals surface area contributed by atoms with Crippen LogP contribution in [0.15, 0.2) is 36.4 Å². The van der Waals surface area contributed by atoms with E-state index in [2.05, 4.69) is 11.4 Å². The van der Waals surface area contributed by atoms with Gasteiger partial charge in [0, 0.05) is 6.54 Å². The van der Waals surface area contributed by atoms with Crippen LogP contribution in [0.1, 0.15) is 16.7 Å². The fourth-order valence-corrected chi connectivity index (χ4v) is 2.85. The Morgan fingerprint density at radius 2 is 1.76 bits per heavy atom. The van der Waals surface area contributed by atoms with E-state index in [1.165, 1.54) is 11.1 Å². The quantitative estimate of drug-likeness (QED) is 0.804. The van der Waals surface area contributed by atoms with E-state index in [4.69, 9.17) is 16.3 Å². The molecule has 0 aliphatic rings. The Bertz CT molecular complexity index is 726. The van der Waals surface area contributed by atoms with Crippen molar-refractivity contribution < 1.29 is 9.53 Å². The van der Waals surface area contributed by atoms with E-state index in [0.29, 0.717) is 23.9 Å². The summed E-state index contributed by atoms with van der Waals surface area (Å²) >= 11 is 6.14. The molecule has 25 heavy (non-hydrogen) atoms. The number of carbonyl (C=O) groups is 1. The SMILES string of the molecule is Cc1cc(C)cc(OCCN(C)CC(=O)Nc2ccc(C)cc2Cl)c1. The number of ether oxygens (including phenoxy) is 1. The third kappa shape index (κ3) is 6.40. The van der Waals surface area contributed by atoms with Crippen LogP contribution in [0.5, 0.6) is 5.75 Å². The van der Waals surface area contributed by atoms with Gasteiger partial charge in [0.15, 0.2) is 0 Å². The largest absolute Gasteiger partial charge is 0.492 e. The van der Waals surface area contributed by atoms with Crippen molar-refractivity contribution in [3.63, 3.8) is 0 Å². The summed E-state index contributed by atoms with van der Waals surface area (Å²) in [5.41, 5.74) is 4.05. The average Bonchev–Trinajstić information content (AvgIpc) is 2.49. The zero-order valence-corrected chi connectivity index (χ0v) is 16.0. The highest BCUT2D eigenvalue weighted by molar-refractivity contribution is 6.33. The number of carbonyl (C=O) groups excluding carboxylic acids is 1. The van der Waals surface area contributed by atoms with Gasteiger partial charge in [-0.2, -0.15) is 0 Å². The van der Waals surface area contributed by atoms with Crippen molar-refractivity contribution in [1.29, 1.82) is 0 Å². The first-order valence-corrected chi connectivity index (χ1v) is 8.67. The lowest BCUT2D eigenvalue weighted by Gasteiger charge is -2.17. The summed E-state index contributed by atoms with van der Waals surface area (Å²) in [5.74, 6) is 0.765. The van der Waals surface area contributed by atoms with Gasteiger partial charge in [-0.1, -0.05) is 23.7 Å². The van der Waals surface area contributed by atoms with Crippen molar-refractivity contribution in [2.45, 2.75) is 20.8 Å². The third-order valence-corrected chi connectivity index (χ3v) is 4.06. The summed E-state index contributed by atoms with van der Waals surface area (Å²) < 4.78 is 5.78. The summed E-state index contributed by atoms with van der Waals surface area (Å²) in [6.45, 7) is 7.51. The molecule has 2 aromatic rings.